The summed E-state index contributed by atoms with van der Waals surface area (Å²) >= 11 is 0. The number of nitrogens with one attached hydrogen (secondary N) is 1. The molecule has 0 saturated heterocycles. The van der Waals surface area contributed by atoms with Gasteiger partial charge >= 0.3 is 0 Å². The number of ether oxygens (including phenoxy) is 2. The van der Waals surface area contributed by atoms with Gasteiger partial charge in [-0.15, -0.1) is 0 Å². The minimum Gasteiger partial charge on any atom is -0.496 e. The van der Waals surface area contributed by atoms with Crippen LogP contribution >= 0.6 is 0 Å². The first kappa shape index (κ1) is 17.5. The number of aryl methyl sites for hydroxylation is 2. The average molecular weight is 352 g/mol. The average Bonchev–Trinajstić information content (AvgIpc) is 3.09. The van der Waals surface area contributed by atoms with Crippen LogP contribution in [0.1, 0.15) is 27.2 Å². The van der Waals surface area contributed by atoms with Gasteiger partial charge in [0.15, 0.2) is 5.69 Å². The largest absolute Gasteiger partial charge is 0.496 e. The molecule has 7 nitrogen and oxygen atoms in total. The van der Waals surface area contributed by atoms with Gasteiger partial charge in [0.1, 0.15) is 23.8 Å². The van der Waals surface area contributed by atoms with E-state index in [4.69, 9.17) is 15.2 Å². The maximum Gasteiger partial charge on any atom is 0.271 e. The van der Waals surface area contributed by atoms with Crippen LogP contribution in [0.4, 0.5) is 0 Å². The van der Waals surface area contributed by atoms with E-state index in [2.05, 4.69) is 21.5 Å². The lowest BCUT2D eigenvalue weighted by atomic mass is 10.1. The zero-order valence-corrected chi connectivity index (χ0v) is 14.9. The first-order valence-corrected chi connectivity index (χ1v) is 8.07. The molecule has 0 fully saturated rings. The molecule has 0 unspecified atom stereocenters. The zero-order valence-electron chi connectivity index (χ0n) is 14.9. The number of amides is 1. The standard InChI is InChI=1S/C19H20N4O3/c1-11-6-12(2)8-15(7-11)26-10-14-9-13(4-5-16(14)25-3)17-18(19(20)24)22-23-21-17/h4-9H,10H2,1-3H3,(H2,20,24)(H,21,22,23). The summed E-state index contributed by atoms with van der Waals surface area (Å²) in [6, 6.07) is 11.5. The van der Waals surface area contributed by atoms with Crippen LogP contribution in [0.2, 0.25) is 0 Å². The quantitative estimate of drug-likeness (QED) is 0.710. The lowest BCUT2D eigenvalue weighted by molar-refractivity contribution is 0.0996. The maximum atomic E-state index is 11.5. The molecule has 0 aliphatic carbocycles. The molecule has 3 rings (SSSR count). The molecule has 3 aromatic rings. The van der Waals surface area contributed by atoms with Gasteiger partial charge in [0.25, 0.3) is 5.91 Å². The Morgan fingerprint density at radius 3 is 2.50 bits per heavy atom. The molecule has 0 aliphatic rings. The van der Waals surface area contributed by atoms with Crippen LogP contribution in [-0.4, -0.2) is 28.4 Å². The molecule has 0 atom stereocenters. The van der Waals surface area contributed by atoms with Crippen molar-refractivity contribution < 1.29 is 14.3 Å². The summed E-state index contributed by atoms with van der Waals surface area (Å²) in [5.74, 6) is 0.828. The maximum absolute atomic E-state index is 11.5. The predicted molar refractivity (Wildman–Crippen MR) is 97.1 cm³/mol. The highest BCUT2D eigenvalue weighted by molar-refractivity contribution is 5.96. The molecule has 0 radical (unpaired) electrons. The minimum atomic E-state index is -0.641. The smallest absolute Gasteiger partial charge is 0.271 e. The number of nitrogens with two attached hydrogens (primary N) is 1. The summed E-state index contributed by atoms with van der Waals surface area (Å²) < 4.78 is 11.3. The van der Waals surface area contributed by atoms with Crippen LogP contribution in [0.3, 0.4) is 0 Å². The monoisotopic (exact) mass is 352 g/mol. The Balaban J connectivity index is 1.90. The van der Waals surface area contributed by atoms with E-state index in [1.165, 1.54) is 0 Å². The first-order valence-electron chi connectivity index (χ1n) is 8.07. The number of H-pyrrole nitrogens is 1. The van der Waals surface area contributed by atoms with Gasteiger partial charge in [-0.2, -0.15) is 15.4 Å². The number of carbonyl (C=O) groups excluding carboxylic acids is 1. The van der Waals surface area contributed by atoms with Crippen molar-refractivity contribution in [3.05, 3.63) is 58.8 Å². The van der Waals surface area contributed by atoms with Crippen LogP contribution in [0.25, 0.3) is 11.3 Å². The summed E-state index contributed by atoms with van der Waals surface area (Å²) in [5, 5.41) is 10.3. The van der Waals surface area contributed by atoms with Gasteiger partial charge in [-0.05, 0) is 55.3 Å². The molecule has 7 heteroatoms. The van der Waals surface area contributed by atoms with Gasteiger partial charge in [-0.25, -0.2) is 0 Å². The number of aromatic amines is 1. The molecule has 0 aliphatic heterocycles. The number of nitrogens with zero attached hydrogens (tertiary/aromatic N) is 2. The van der Waals surface area contributed by atoms with Gasteiger partial charge < -0.3 is 15.2 Å². The predicted octanol–water partition coefficient (Wildman–Crippen LogP) is 2.78. The second-order valence-corrected chi connectivity index (χ2v) is 6.02. The lowest BCUT2D eigenvalue weighted by Gasteiger charge is -2.12. The number of rotatable bonds is 6. The number of aromatic nitrogens is 3. The normalized spacial score (nSPS) is 10.6. The van der Waals surface area contributed by atoms with Gasteiger partial charge in [0.2, 0.25) is 0 Å². The molecule has 2 aromatic carbocycles. The molecule has 0 spiro atoms. The van der Waals surface area contributed by atoms with Crippen molar-refractivity contribution in [1.82, 2.24) is 15.4 Å². The fourth-order valence-electron chi connectivity index (χ4n) is 2.82. The number of carbonyl (C=O) groups is 1. The van der Waals surface area contributed by atoms with Crippen LogP contribution in [0.5, 0.6) is 11.5 Å². The first-order chi connectivity index (χ1) is 12.5. The number of benzene rings is 2. The second-order valence-electron chi connectivity index (χ2n) is 6.02. The van der Waals surface area contributed by atoms with Crippen LogP contribution in [-0.2, 0) is 6.61 Å². The number of hydrogen-bond acceptors (Lipinski definition) is 5. The van der Waals surface area contributed by atoms with Gasteiger partial charge in [-0.1, -0.05) is 6.07 Å². The van der Waals surface area contributed by atoms with Crippen LogP contribution < -0.4 is 15.2 Å². The Morgan fingerprint density at radius 2 is 1.85 bits per heavy atom. The summed E-state index contributed by atoms with van der Waals surface area (Å²) in [5.41, 5.74) is 9.62. The molecule has 1 heterocycles. The SMILES string of the molecule is COc1ccc(-c2n[nH]nc2C(N)=O)cc1COc1cc(C)cc(C)c1. The second kappa shape index (κ2) is 7.26. The molecule has 1 aromatic heterocycles. The van der Waals surface area contributed by atoms with E-state index in [1.54, 1.807) is 19.2 Å². The zero-order chi connectivity index (χ0) is 18.7. The van der Waals surface area contributed by atoms with E-state index in [0.29, 0.717) is 23.6 Å². The van der Waals surface area contributed by atoms with E-state index >= 15 is 0 Å². The highest BCUT2D eigenvalue weighted by Gasteiger charge is 2.17. The van der Waals surface area contributed by atoms with E-state index in [-0.39, 0.29) is 5.69 Å². The van der Waals surface area contributed by atoms with Crippen molar-refractivity contribution in [2.75, 3.05) is 7.11 Å². The van der Waals surface area contributed by atoms with Crippen LogP contribution in [0.15, 0.2) is 36.4 Å². The Labute approximate surface area is 151 Å². The molecule has 3 N–H and O–H groups in total. The van der Waals surface area contributed by atoms with Gasteiger partial charge in [-0.3, -0.25) is 4.79 Å². The minimum absolute atomic E-state index is 0.0938. The van der Waals surface area contributed by atoms with E-state index in [9.17, 15) is 4.79 Å². The van der Waals surface area contributed by atoms with Gasteiger partial charge in [0.05, 0.1) is 7.11 Å². The summed E-state index contributed by atoms with van der Waals surface area (Å²) in [7, 11) is 1.60. The number of hydrogen-bond donors (Lipinski definition) is 2. The van der Waals surface area contributed by atoms with E-state index in [0.717, 1.165) is 22.4 Å². The fraction of sp³-hybridized carbons (Fsp3) is 0.211. The van der Waals surface area contributed by atoms with Crippen molar-refractivity contribution in [1.29, 1.82) is 0 Å². The summed E-state index contributed by atoms with van der Waals surface area (Å²) in [4.78, 5) is 11.5. The topological polar surface area (TPSA) is 103 Å². The third-order valence-corrected chi connectivity index (χ3v) is 3.92. The molecular formula is C19H20N4O3. The highest BCUT2D eigenvalue weighted by Crippen LogP contribution is 2.28. The number of primary amides is 1. The van der Waals surface area contributed by atoms with Crippen LogP contribution in [0, 0.1) is 13.8 Å². The Morgan fingerprint density at radius 1 is 1.12 bits per heavy atom. The van der Waals surface area contributed by atoms with E-state index in [1.807, 2.05) is 32.0 Å². The molecule has 26 heavy (non-hydrogen) atoms. The molecule has 134 valence electrons. The number of methoxy groups -OCH3 is 1. The third-order valence-electron chi connectivity index (χ3n) is 3.92. The Bertz CT molecular complexity index is 929. The van der Waals surface area contributed by atoms with E-state index < -0.39 is 5.91 Å². The van der Waals surface area contributed by atoms with Crippen molar-refractivity contribution >= 4 is 5.91 Å². The van der Waals surface area contributed by atoms with Crippen molar-refractivity contribution in [3.63, 3.8) is 0 Å². The Kier molecular flexibility index (Phi) is 4.88. The van der Waals surface area contributed by atoms with Crippen molar-refractivity contribution in [2.45, 2.75) is 20.5 Å². The summed E-state index contributed by atoms with van der Waals surface area (Å²) in [6.07, 6.45) is 0. The molecule has 1 amide bonds. The highest BCUT2D eigenvalue weighted by atomic mass is 16.5. The third kappa shape index (κ3) is 3.66. The molecule has 0 bridgehead atoms. The lowest BCUT2D eigenvalue weighted by Crippen LogP contribution is -2.12. The Hall–Kier alpha value is -3.35. The van der Waals surface area contributed by atoms with Crippen molar-refractivity contribution in [3.8, 4) is 22.8 Å². The summed E-state index contributed by atoms with van der Waals surface area (Å²) in [6.45, 7) is 4.36. The fourth-order valence-corrected chi connectivity index (χ4v) is 2.82. The van der Waals surface area contributed by atoms with Crippen molar-refractivity contribution in [2.24, 2.45) is 5.73 Å². The molecule has 0 saturated carbocycles. The molecular weight excluding hydrogens is 332 g/mol. The van der Waals surface area contributed by atoms with Gasteiger partial charge in [0, 0.05) is 11.1 Å².